The fourth-order valence-corrected chi connectivity index (χ4v) is 2.92. The average Bonchev–Trinajstić information content (AvgIpc) is 2.57. The topological polar surface area (TPSA) is 9.23 Å². The van der Waals surface area contributed by atoms with Crippen molar-refractivity contribution >= 4 is 0 Å². The van der Waals surface area contributed by atoms with E-state index < -0.39 is 0 Å². The van der Waals surface area contributed by atoms with Crippen LogP contribution < -0.4 is 4.74 Å². The van der Waals surface area contributed by atoms with Gasteiger partial charge in [0.1, 0.15) is 17.3 Å². The summed E-state index contributed by atoms with van der Waals surface area (Å²) >= 11 is 0. The van der Waals surface area contributed by atoms with Crippen molar-refractivity contribution in [3.63, 3.8) is 0 Å². The van der Waals surface area contributed by atoms with E-state index in [0.29, 0.717) is 29.7 Å². The van der Waals surface area contributed by atoms with Gasteiger partial charge in [-0.15, -0.1) is 0 Å². The van der Waals surface area contributed by atoms with E-state index in [1.807, 2.05) is 66.7 Å². The molecule has 0 atom stereocenters. The summed E-state index contributed by atoms with van der Waals surface area (Å²) in [6, 6.07) is 21.5. The molecule has 0 N–H and O–H groups in total. The standard InChI is InChI=1S/C20H15FO/c21-20-16(12-14-6-2-1-3-7-14)10-11-19-17(20)13-15-8-4-5-9-18(15)22-19/h1-11H,12-13H2. The summed E-state index contributed by atoms with van der Waals surface area (Å²) < 4.78 is 20.7. The van der Waals surface area contributed by atoms with Crippen molar-refractivity contribution in [2.24, 2.45) is 0 Å². The molecule has 1 nitrogen and oxygen atoms in total. The Morgan fingerprint density at radius 3 is 2.45 bits per heavy atom. The van der Waals surface area contributed by atoms with E-state index in [9.17, 15) is 4.39 Å². The maximum Gasteiger partial charge on any atom is 0.133 e. The summed E-state index contributed by atoms with van der Waals surface area (Å²) in [6.45, 7) is 0. The minimum Gasteiger partial charge on any atom is -0.457 e. The van der Waals surface area contributed by atoms with E-state index in [-0.39, 0.29) is 5.82 Å². The lowest BCUT2D eigenvalue weighted by molar-refractivity contribution is 0.448. The molecular weight excluding hydrogens is 275 g/mol. The van der Waals surface area contributed by atoms with Gasteiger partial charge in [0, 0.05) is 18.4 Å². The normalized spacial score (nSPS) is 12.2. The number of para-hydroxylation sites is 1. The van der Waals surface area contributed by atoms with Crippen molar-refractivity contribution in [2.75, 3.05) is 0 Å². The number of rotatable bonds is 2. The first-order chi connectivity index (χ1) is 10.8. The van der Waals surface area contributed by atoms with E-state index in [1.54, 1.807) is 0 Å². The van der Waals surface area contributed by atoms with Gasteiger partial charge in [0.15, 0.2) is 0 Å². The average molecular weight is 290 g/mol. The number of hydrogen-bond acceptors (Lipinski definition) is 1. The maximum absolute atomic E-state index is 14.9. The molecular formula is C20H15FO. The predicted octanol–water partition coefficient (Wildman–Crippen LogP) is 5.11. The van der Waals surface area contributed by atoms with Crippen LogP contribution in [0.4, 0.5) is 4.39 Å². The zero-order valence-corrected chi connectivity index (χ0v) is 12.1. The van der Waals surface area contributed by atoms with E-state index in [4.69, 9.17) is 4.74 Å². The summed E-state index contributed by atoms with van der Waals surface area (Å²) in [4.78, 5) is 0. The SMILES string of the molecule is Fc1c(Cc2ccccc2)ccc2c1Cc1ccccc1O2. The molecule has 0 saturated carbocycles. The van der Waals surface area contributed by atoms with E-state index in [1.165, 1.54) is 0 Å². The van der Waals surface area contributed by atoms with Crippen molar-refractivity contribution in [1.29, 1.82) is 0 Å². The van der Waals surface area contributed by atoms with Crippen LogP contribution in [-0.2, 0) is 12.8 Å². The summed E-state index contributed by atoms with van der Waals surface area (Å²) in [6.07, 6.45) is 1.18. The van der Waals surface area contributed by atoms with Crippen LogP contribution in [-0.4, -0.2) is 0 Å². The van der Waals surface area contributed by atoms with Gasteiger partial charge in [-0.2, -0.15) is 0 Å². The molecule has 1 aliphatic rings. The fourth-order valence-electron chi connectivity index (χ4n) is 2.92. The number of fused-ring (bicyclic) bond motifs is 2. The van der Waals surface area contributed by atoms with Crippen molar-refractivity contribution < 1.29 is 9.13 Å². The van der Waals surface area contributed by atoms with Crippen LogP contribution in [0.25, 0.3) is 0 Å². The van der Waals surface area contributed by atoms with Gasteiger partial charge in [-0.3, -0.25) is 0 Å². The summed E-state index contributed by atoms with van der Waals surface area (Å²) in [5.74, 6) is 1.31. The summed E-state index contributed by atoms with van der Waals surface area (Å²) in [5, 5.41) is 0. The molecule has 4 rings (SSSR count). The van der Waals surface area contributed by atoms with Crippen LogP contribution in [0.1, 0.15) is 22.3 Å². The predicted molar refractivity (Wildman–Crippen MR) is 85.0 cm³/mol. The zero-order chi connectivity index (χ0) is 14.9. The molecule has 22 heavy (non-hydrogen) atoms. The molecule has 0 fully saturated rings. The van der Waals surface area contributed by atoms with Gasteiger partial charge in [-0.1, -0.05) is 54.6 Å². The first-order valence-electron chi connectivity index (χ1n) is 7.41. The van der Waals surface area contributed by atoms with Crippen LogP contribution in [0, 0.1) is 5.82 Å². The van der Waals surface area contributed by atoms with Gasteiger partial charge < -0.3 is 4.74 Å². The Bertz CT molecular complexity index is 824. The van der Waals surface area contributed by atoms with Crippen LogP contribution >= 0.6 is 0 Å². The molecule has 3 aromatic rings. The smallest absolute Gasteiger partial charge is 0.133 e. The molecule has 0 radical (unpaired) electrons. The Balaban J connectivity index is 1.71. The lowest BCUT2D eigenvalue weighted by atomic mass is 9.95. The molecule has 0 aromatic heterocycles. The van der Waals surface area contributed by atoms with Crippen LogP contribution in [0.5, 0.6) is 11.5 Å². The van der Waals surface area contributed by atoms with Gasteiger partial charge in [0.2, 0.25) is 0 Å². The van der Waals surface area contributed by atoms with Gasteiger partial charge in [-0.05, 0) is 28.8 Å². The molecule has 0 amide bonds. The monoisotopic (exact) mass is 290 g/mol. The highest BCUT2D eigenvalue weighted by Gasteiger charge is 2.21. The van der Waals surface area contributed by atoms with Crippen molar-refractivity contribution in [1.82, 2.24) is 0 Å². The molecule has 2 heteroatoms. The second kappa shape index (κ2) is 5.30. The lowest BCUT2D eigenvalue weighted by Gasteiger charge is -2.21. The first-order valence-corrected chi connectivity index (χ1v) is 7.41. The molecule has 1 heterocycles. The first kappa shape index (κ1) is 13.1. The van der Waals surface area contributed by atoms with E-state index in [2.05, 4.69) is 0 Å². The number of halogens is 1. The van der Waals surface area contributed by atoms with E-state index in [0.717, 1.165) is 16.9 Å². The minimum atomic E-state index is -0.143. The number of benzene rings is 3. The number of ether oxygens (including phenoxy) is 1. The molecule has 0 saturated heterocycles. The molecule has 3 aromatic carbocycles. The van der Waals surface area contributed by atoms with Gasteiger partial charge in [-0.25, -0.2) is 4.39 Å². The van der Waals surface area contributed by atoms with Gasteiger partial charge in [0.05, 0.1) is 0 Å². The largest absolute Gasteiger partial charge is 0.457 e. The Labute approximate surface area is 129 Å². The summed E-state index contributed by atoms with van der Waals surface area (Å²) in [7, 11) is 0. The minimum absolute atomic E-state index is 0.143. The molecule has 108 valence electrons. The van der Waals surface area contributed by atoms with E-state index >= 15 is 0 Å². The molecule has 1 aliphatic heterocycles. The van der Waals surface area contributed by atoms with Crippen LogP contribution in [0.15, 0.2) is 66.7 Å². The second-order valence-corrected chi connectivity index (χ2v) is 5.56. The van der Waals surface area contributed by atoms with Crippen LogP contribution in [0.2, 0.25) is 0 Å². The number of hydrogen-bond donors (Lipinski definition) is 0. The molecule has 0 aliphatic carbocycles. The van der Waals surface area contributed by atoms with Gasteiger partial charge in [0.25, 0.3) is 0 Å². The highest BCUT2D eigenvalue weighted by Crippen LogP contribution is 2.38. The Hall–Kier alpha value is -2.61. The second-order valence-electron chi connectivity index (χ2n) is 5.56. The highest BCUT2D eigenvalue weighted by atomic mass is 19.1. The van der Waals surface area contributed by atoms with Crippen LogP contribution in [0.3, 0.4) is 0 Å². The Morgan fingerprint density at radius 2 is 1.59 bits per heavy atom. The fraction of sp³-hybridized carbons (Fsp3) is 0.100. The third kappa shape index (κ3) is 2.27. The third-order valence-electron chi connectivity index (χ3n) is 4.08. The Morgan fingerprint density at radius 1 is 0.818 bits per heavy atom. The molecule has 0 unspecified atom stereocenters. The highest BCUT2D eigenvalue weighted by molar-refractivity contribution is 5.51. The van der Waals surface area contributed by atoms with Gasteiger partial charge >= 0.3 is 0 Å². The Kier molecular flexibility index (Phi) is 3.15. The van der Waals surface area contributed by atoms with Crippen molar-refractivity contribution in [3.8, 4) is 11.5 Å². The quantitative estimate of drug-likeness (QED) is 0.498. The molecule has 0 spiro atoms. The third-order valence-corrected chi connectivity index (χ3v) is 4.08. The lowest BCUT2D eigenvalue weighted by Crippen LogP contribution is -2.07. The summed E-state index contributed by atoms with van der Waals surface area (Å²) in [5.41, 5.74) is 3.52. The van der Waals surface area contributed by atoms with Crippen molar-refractivity contribution in [3.05, 3.63) is 94.8 Å². The van der Waals surface area contributed by atoms with Crippen molar-refractivity contribution in [2.45, 2.75) is 12.8 Å². The zero-order valence-electron chi connectivity index (χ0n) is 12.1. The molecule has 0 bridgehead atoms. The maximum atomic E-state index is 14.9.